The van der Waals surface area contributed by atoms with Crippen LogP contribution in [-0.2, 0) is 14.3 Å². The lowest BCUT2D eigenvalue weighted by atomic mass is 10.1. The molecule has 0 bridgehead atoms. The number of anilines is 2. The van der Waals surface area contributed by atoms with E-state index in [2.05, 4.69) is 10.6 Å². The third-order valence-corrected chi connectivity index (χ3v) is 6.56. The molecule has 1 unspecified atom stereocenters. The molecule has 3 atom stereocenters. The molecule has 5 nitrogen and oxygen atoms in total. The minimum Gasteiger partial charge on any atom is -0.369 e. The summed E-state index contributed by atoms with van der Waals surface area (Å²) < 4.78 is 3.97. The van der Waals surface area contributed by atoms with Crippen molar-refractivity contribution in [2.45, 2.75) is 30.2 Å². The second-order valence-electron chi connectivity index (χ2n) is 7.10. The first-order valence-electron chi connectivity index (χ1n) is 9.41. The fourth-order valence-corrected chi connectivity index (χ4v) is 4.84. The number of alkyl halides is 2. The van der Waals surface area contributed by atoms with E-state index in [4.69, 9.17) is 62.7 Å². The number of amides is 2. The van der Waals surface area contributed by atoms with Crippen LogP contribution in [0.25, 0.3) is 0 Å². The number of benzene rings is 2. The fraction of sp³-hybridized carbons (Fsp3) is 0.333. The van der Waals surface area contributed by atoms with Gasteiger partial charge in [0.05, 0.1) is 16.6 Å². The number of halogens is 5. The Morgan fingerprint density at radius 1 is 1.06 bits per heavy atom. The molecule has 166 valence electrons. The highest BCUT2D eigenvalue weighted by molar-refractivity contribution is 6.53. The number of ether oxygens (including phenoxy) is 1. The third-order valence-electron chi connectivity index (χ3n) is 4.86. The summed E-state index contributed by atoms with van der Waals surface area (Å²) in [6, 6.07) is 9.67. The summed E-state index contributed by atoms with van der Waals surface area (Å²) in [5.41, 5.74) is 1.44. The Labute approximate surface area is 205 Å². The highest BCUT2D eigenvalue weighted by Gasteiger charge is 2.67. The molecule has 1 aliphatic rings. The van der Waals surface area contributed by atoms with Crippen molar-refractivity contribution in [3.05, 3.63) is 57.0 Å². The Hall–Kier alpha value is -1.21. The first kappa shape index (κ1) is 24.4. The Bertz CT molecular complexity index is 994. The average Bonchev–Trinajstić information content (AvgIpc) is 3.26. The van der Waals surface area contributed by atoms with Crippen molar-refractivity contribution >= 4 is 81.2 Å². The molecule has 0 aromatic heterocycles. The molecule has 2 aromatic rings. The molecule has 2 aromatic carbocycles. The van der Waals surface area contributed by atoms with Crippen LogP contribution in [0, 0.1) is 5.92 Å². The van der Waals surface area contributed by atoms with Crippen LogP contribution in [0.2, 0.25) is 15.1 Å². The summed E-state index contributed by atoms with van der Waals surface area (Å²) in [4.78, 5) is 25.1. The van der Waals surface area contributed by atoms with E-state index in [1.807, 2.05) is 0 Å². The van der Waals surface area contributed by atoms with Crippen molar-refractivity contribution in [3.63, 3.8) is 0 Å². The summed E-state index contributed by atoms with van der Waals surface area (Å²) >= 11 is 31.1. The van der Waals surface area contributed by atoms with Gasteiger partial charge in [0, 0.05) is 28.3 Å². The van der Waals surface area contributed by atoms with E-state index >= 15 is 0 Å². The monoisotopic (exact) mass is 522 g/mol. The van der Waals surface area contributed by atoms with E-state index < -0.39 is 22.3 Å². The number of nitrogens with one attached hydrogen (secondary N) is 2. The SMILES string of the molecule is CCOC(C)C(=O)Nc1cc(NC(=O)[C@H]2[C@H](c3cc(Cl)cc(Cl)c3)C2(Cl)Cl)ccc1Cl. The van der Waals surface area contributed by atoms with Gasteiger partial charge >= 0.3 is 0 Å². The summed E-state index contributed by atoms with van der Waals surface area (Å²) in [6.45, 7) is 3.83. The maximum atomic E-state index is 12.9. The van der Waals surface area contributed by atoms with Crippen LogP contribution in [0.1, 0.15) is 25.3 Å². The molecule has 2 N–H and O–H groups in total. The number of hydrogen-bond acceptors (Lipinski definition) is 3. The second kappa shape index (κ2) is 9.74. The van der Waals surface area contributed by atoms with Gasteiger partial charge in [-0.25, -0.2) is 0 Å². The number of rotatable bonds is 7. The predicted molar refractivity (Wildman–Crippen MR) is 127 cm³/mol. The van der Waals surface area contributed by atoms with Gasteiger partial charge in [-0.3, -0.25) is 9.59 Å². The van der Waals surface area contributed by atoms with Crippen LogP contribution in [0.15, 0.2) is 36.4 Å². The molecule has 3 rings (SSSR count). The average molecular weight is 525 g/mol. The molecular weight excluding hydrogens is 506 g/mol. The summed E-state index contributed by atoms with van der Waals surface area (Å²) in [5, 5.41) is 6.63. The highest BCUT2D eigenvalue weighted by atomic mass is 35.5. The minimum atomic E-state index is -1.30. The number of carbonyl (C=O) groups excluding carboxylic acids is 2. The molecule has 0 radical (unpaired) electrons. The van der Waals surface area contributed by atoms with Crippen molar-refractivity contribution in [1.82, 2.24) is 0 Å². The summed E-state index contributed by atoms with van der Waals surface area (Å²) in [7, 11) is 0. The van der Waals surface area contributed by atoms with Gasteiger partial charge in [-0.15, -0.1) is 23.2 Å². The van der Waals surface area contributed by atoms with E-state index in [0.717, 1.165) is 0 Å². The molecular formula is C21H19Cl5N2O3. The lowest BCUT2D eigenvalue weighted by molar-refractivity contribution is -0.126. The molecule has 1 fully saturated rings. The normalized spacial score (nSPS) is 20.1. The van der Waals surface area contributed by atoms with Crippen LogP contribution in [0.5, 0.6) is 0 Å². The zero-order chi connectivity index (χ0) is 22.9. The Kier molecular flexibility index (Phi) is 7.67. The number of carbonyl (C=O) groups is 2. The maximum Gasteiger partial charge on any atom is 0.253 e. The lowest BCUT2D eigenvalue weighted by Crippen LogP contribution is -2.27. The van der Waals surface area contributed by atoms with E-state index in [0.29, 0.717) is 38.6 Å². The first-order chi connectivity index (χ1) is 14.5. The standard InChI is InChI=1S/C21H19Cl5N2O3/c1-3-31-10(2)19(29)28-16-9-14(4-5-15(16)24)27-20(30)18-17(21(18,25)26)11-6-12(22)8-13(23)7-11/h4-10,17-18H,3H2,1-2H3,(H,27,30)(H,28,29)/t10?,17-,18+/m0/s1. The Morgan fingerprint density at radius 2 is 1.71 bits per heavy atom. The van der Waals surface area contributed by atoms with Crippen molar-refractivity contribution < 1.29 is 14.3 Å². The predicted octanol–water partition coefficient (Wildman–Crippen LogP) is 6.54. The third kappa shape index (κ3) is 5.59. The van der Waals surface area contributed by atoms with E-state index in [1.165, 1.54) is 0 Å². The molecule has 1 aliphatic carbocycles. The first-order valence-corrected chi connectivity index (χ1v) is 11.3. The number of hydrogen-bond donors (Lipinski definition) is 2. The summed E-state index contributed by atoms with van der Waals surface area (Å²) in [6.07, 6.45) is -0.649. The van der Waals surface area contributed by atoms with Gasteiger partial charge in [0.2, 0.25) is 5.91 Å². The van der Waals surface area contributed by atoms with E-state index in [1.54, 1.807) is 50.2 Å². The van der Waals surface area contributed by atoms with Crippen LogP contribution in [0.3, 0.4) is 0 Å². The lowest BCUT2D eigenvalue weighted by Gasteiger charge is -2.14. The largest absolute Gasteiger partial charge is 0.369 e. The molecule has 31 heavy (non-hydrogen) atoms. The summed E-state index contributed by atoms with van der Waals surface area (Å²) in [5.74, 6) is -1.91. The van der Waals surface area contributed by atoms with Crippen LogP contribution in [0.4, 0.5) is 11.4 Å². The highest BCUT2D eigenvalue weighted by Crippen LogP contribution is 2.65. The van der Waals surface area contributed by atoms with Crippen molar-refractivity contribution in [2.24, 2.45) is 5.92 Å². The molecule has 2 amide bonds. The van der Waals surface area contributed by atoms with Crippen LogP contribution in [-0.4, -0.2) is 28.9 Å². The zero-order valence-corrected chi connectivity index (χ0v) is 20.3. The molecule has 1 saturated carbocycles. The van der Waals surface area contributed by atoms with Gasteiger partial charge < -0.3 is 15.4 Å². The zero-order valence-electron chi connectivity index (χ0n) is 16.5. The van der Waals surface area contributed by atoms with Gasteiger partial charge in [0.25, 0.3) is 5.91 Å². The Balaban J connectivity index is 1.74. The molecule has 0 aliphatic heterocycles. The van der Waals surface area contributed by atoms with Crippen molar-refractivity contribution in [2.75, 3.05) is 17.2 Å². The molecule has 0 saturated heterocycles. The molecule has 10 heteroatoms. The minimum absolute atomic E-state index is 0.317. The topological polar surface area (TPSA) is 67.4 Å². The van der Waals surface area contributed by atoms with Gasteiger partial charge in [-0.2, -0.15) is 0 Å². The van der Waals surface area contributed by atoms with Gasteiger partial charge in [0.15, 0.2) is 0 Å². The smallest absolute Gasteiger partial charge is 0.253 e. The quantitative estimate of drug-likeness (QED) is 0.405. The van der Waals surface area contributed by atoms with Crippen molar-refractivity contribution in [3.8, 4) is 0 Å². The van der Waals surface area contributed by atoms with Crippen molar-refractivity contribution in [1.29, 1.82) is 0 Å². The second-order valence-corrected chi connectivity index (χ2v) is 9.83. The van der Waals surface area contributed by atoms with Crippen LogP contribution < -0.4 is 10.6 Å². The fourth-order valence-electron chi connectivity index (χ4n) is 3.30. The maximum absolute atomic E-state index is 12.9. The molecule has 0 spiro atoms. The van der Waals surface area contributed by atoms with E-state index in [9.17, 15) is 9.59 Å². The van der Waals surface area contributed by atoms with Gasteiger partial charge in [0.1, 0.15) is 10.4 Å². The van der Waals surface area contributed by atoms with Gasteiger partial charge in [-0.1, -0.05) is 34.8 Å². The van der Waals surface area contributed by atoms with Gasteiger partial charge in [-0.05, 0) is 55.8 Å². The van der Waals surface area contributed by atoms with E-state index in [-0.39, 0.29) is 11.8 Å². The van der Waals surface area contributed by atoms with Crippen LogP contribution >= 0.6 is 58.0 Å². The Morgan fingerprint density at radius 3 is 2.32 bits per heavy atom. The molecule has 0 heterocycles.